The highest BCUT2D eigenvalue weighted by molar-refractivity contribution is 7.92. The summed E-state index contributed by atoms with van der Waals surface area (Å²) < 4.78 is 32.5. The summed E-state index contributed by atoms with van der Waals surface area (Å²) in [5.74, 6) is -0.711. The second kappa shape index (κ2) is 21.9. The third-order valence-electron chi connectivity index (χ3n) is 12.4. The number of piperidine rings is 2. The number of amides is 5. The van der Waals surface area contributed by atoms with Gasteiger partial charge >= 0.3 is 0 Å². The molecule has 68 heavy (non-hydrogen) atoms. The molecule has 0 spiro atoms. The van der Waals surface area contributed by atoms with Gasteiger partial charge in [-0.25, -0.2) is 13.4 Å². The number of rotatable bonds is 20. The van der Waals surface area contributed by atoms with Crippen molar-refractivity contribution in [1.82, 2.24) is 30.4 Å². The first-order valence-corrected chi connectivity index (χ1v) is 25.2. The van der Waals surface area contributed by atoms with Crippen molar-refractivity contribution < 1.29 is 37.1 Å². The molecule has 3 aliphatic rings. The lowest BCUT2D eigenvalue weighted by Crippen LogP contribution is -2.54. The first kappa shape index (κ1) is 49.8. The van der Waals surface area contributed by atoms with E-state index in [0.29, 0.717) is 42.4 Å². The van der Waals surface area contributed by atoms with Crippen LogP contribution >= 0.6 is 11.6 Å². The van der Waals surface area contributed by atoms with Crippen LogP contribution in [0.2, 0.25) is 5.02 Å². The van der Waals surface area contributed by atoms with Crippen LogP contribution in [0, 0.1) is 6.92 Å². The predicted molar refractivity (Wildman–Crippen MR) is 261 cm³/mol. The fourth-order valence-corrected chi connectivity index (χ4v) is 10.1. The minimum Gasteiger partial charge on any atom is -0.489 e. The molecule has 1 aromatic heterocycles. The SMILES string of the molecule is Cc1cc(Nc2ncc(Cl)c(Nc3ccccc3S(=O)(=O)C(C)C)n2)c(OC(C)C)cc1C1CCN(CC(=O)NCCCCCCNc2cccc3c2C(=O)N(C2CCC(=O)NC2=O)C3=O)CC1. The molecule has 5 amide bonds. The first-order chi connectivity index (χ1) is 32.5. The molecule has 4 aromatic rings. The maximum absolute atomic E-state index is 13.3. The lowest BCUT2D eigenvalue weighted by molar-refractivity contribution is -0.136. The number of hydrogen-bond donors (Lipinski definition) is 5. The van der Waals surface area contributed by atoms with E-state index in [1.54, 1.807) is 56.3 Å². The van der Waals surface area contributed by atoms with Gasteiger partial charge in [-0.1, -0.05) is 42.6 Å². The van der Waals surface area contributed by atoms with E-state index < -0.39 is 44.8 Å². The van der Waals surface area contributed by atoms with Crippen LogP contribution in [-0.2, 0) is 24.2 Å². The number of nitrogens with zero attached hydrogens (tertiary/aromatic N) is 4. The molecule has 1 atom stereocenters. The van der Waals surface area contributed by atoms with E-state index in [-0.39, 0.29) is 63.6 Å². The topological polar surface area (TPSA) is 221 Å². The molecule has 4 heterocycles. The standard InChI is InChI=1S/C49H60ClN9O8S/c1-29(2)67-40-26-34(31(5)25-38(40)55-49-53-27-35(50)45(57-49)54-36-14-8-9-16-41(36)68(65,66)30(3)4)32-19-23-58(24-20-32)28-43(61)52-22-11-7-6-10-21-51-37-15-12-13-33-44(37)48(64)59(47(33)63)39-17-18-42(60)56-46(39)62/h8-9,12-16,25-27,29-30,32,39,51H,6-7,10-11,17-24,28H2,1-5H3,(H,52,61)(H,56,60,62)(H2,53,54,55,57). The maximum Gasteiger partial charge on any atom is 0.264 e. The lowest BCUT2D eigenvalue weighted by atomic mass is 9.86. The van der Waals surface area contributed by atoms with Gasteiger partial charge in [-0.05, 0) is 133 Å². The quantitative estimate of drug-likeness (QED) is 0.0435. The third-order valence-corrected chi connectivity index (χ3v) is 14.9. The zero-order valence-electron chi connectivity index (χ0n) is 39.1. The summed E-state index contributed by atoms with van der Waals surface area (Å²) in [7, 11) is -3.59. The fraction of sp³-hybridized carbons (Fsp3) is 0.449. The molecule has 5 N–H and O–H groups in total. The molecule has 3 aromatic carbocycles. The van der Waals surface area contributed by atoms with Gasteiger partial charge in [0.1, 0.15) is 16.8 Å². The third kappa shape index (κ3) is 11.6. The number of aryl methyl sites for hydroxylation is 1. The van der Waals surface area contributed by atoms with Crippen molar-refractivity contribution in [3.8, 4) is 5.75 Å². The number of fused-ring (bicyclic) bond motifs is 1. The van der Waals surface area contributed by atoms with Crippen LogP contribution in [0.1, 0.15) is 117 Å². The molecule has 0 radical (unpaired) electrons. The van der Waals surface area contributed by atoms with Crippen molar-refractivity contribution >= 4 is 79.8 Å². The first-order valence-electron chi connectivity index (χ1n) is 23.3. The number of benzene rings is 3. The van der Waals surface area contributed by atoms with Crippen molar-refractivity contribution in [3.63, 3.8) is 0 Å². The number of carbonyl (C=O) groups excluding carboxylic acids is 5. The van der Waals surface area contributed by atoms with E-state index in [1.807, 2.05) is 19.9 Å². The van der Waals surface area contributed by atoms with Crippen LogP contribution in [-0.4, -0.2) is 108 Å². The van der Waals surface area contributed by atoms with Crippen molar-refractivity contribution in [1.29, 1.82) is 0 Å². The molecule has 3 aliphatic heterocycles. The van der Waals surface area contributed by atoms with E-state index in [2.05, 4.69) is 54.4 Å². The highest BCUT2D eigenvalue weighted by atomic mass is 35.5. The number of aromatic nitrogens is 2. The smallest absolute Gasteiger partial charge is 0.264 e. The Morgan fingerprint density at radius 3 is 2.32 bits per heavy atom. The van der Waals surface area contributed by atoms with Gasteiger partial charge in [0.2, 0.25) is 23.7 Å². The van der Waals surface area contributed by atoms with Crippen LogP contribution < -0.4 is 31.3 Å². The molecular weight excluding hydrogens is 910 g/mol. The number of carbonyl (C=O) groups is 5. The van der Waals surface area contributed by atoms with Crippen LogP contribution in [0.4, 0.5) is 28.8 Å². The zero-order valence-corrected chi connectivity index (χ0v) is 40.7. The monoisotopic (exact) mass is 969 g/mol. The molecule has 2 saturated heterocycles. The van der Waals surface area contributed by atoms with Gasteiger partial charge in [0.25, 0.3) is 11.8 Å². The van der Waals surface area contributed by atoms with Crippen molar-refractivity contribution in [2.45, 2.75) is 114 Å². The number of halogens is 1. The number of anilines is 5. The van der Waals surface area contributed by atoms with Crippen LogP contribution in [0.15, 0.2) is 65.7 Å². The van der Waals surface area contributed by atoms with Gasteiger partial charge in [-0.15, -0.1) is 0 Å². The van der Waals surface area contributed by atoms with Gasteiger partial charge in [0, 0.05) is 25.2 Å². The number of hydrogen-bond acceptors (Lipinski definition) is 14. The molecule has 0 aliphatic carbocycles. The number of ether oxygens (including phenoxy) is 1. The van der Waals surface area contributed by atoms with E-state index in [0.717, 1.165) is 62.1 Å². The van der Waals surface area contributed by atoms with Crippen LogP contribution in [0.3, 0.4) is 0 Å². The average molecular weight is 971 g/mol. The Morgan fingerprint density at radius 2 is 1.60 bits per heavy atom. The van der Waals surface area contributed by atoms with E-state index in [9.17, 15) is 32.4 Å². The highest BCUT2D eigenvalue weighted by Crippen LogP contribution is 2.39. The van der Waals surface area contributed by atoms with Crippen LogP contribution in [0.25, 0.3) is 0 Å². The molecule has 19 heteroatoms. The molecule has 0 bridgehead atoms. The summed E-state index contributed by atoms with van der Waals surface area (Å²) in [6.45, 7) is 12.3. The molecule has 17 nitrogen and oxygen atoms in total. The second-order valence-corrected chi connectivity index (χ2v) is 20.9. The van der Waals surface area contributed by atoms with Gasteiger partial charge in [0.15, 0.2) is 15.7 Å². The predicted octanol–water partition coefficient (Wildman–Crippen LogP) is 7.26. The fourth-order valence-electron chi connectivity index (χ4n) is 8.81. The summed E-state index contributed by atoms with van der Waals surface area (Å²) in [5.41, 5.74) is 4.32. The second-order valence-electron chi connectivity index (χ2n) is 18.0. The molecule has 1 unspecified atom stereocenters. The van der Waals surface area contributed by atoms with E-state index >= 15 is 0 Å². The summed E-state index contributed by atoms with van der Waals surface area (Å²) >= 11 is 6.51. The number of nitrogens with one attached hydrogen (secondary N) is 5. The summed E-state index contributed by atoms with van der Waals surface area (Å²) in [5, 5.41) is 14.6. The Labute approximate surface area is 402 Å². The molecule has 7 rings (SSSR count). The Kier molecular flexibility index (Phi) is 16.0. The number of likely N-dealkylation sites (tertiary alicyclic amines) is 1. The molecule has 362 valence electrons. The Hall–Kier alpha value is -6.11. The average Bonchev–Trinajstić information content (AvgIpc) is 3.55. The minimum absolute atomic E-state index is 0.000388. The van der Waals surface area contributed by atoms with E-state index in [4.69, 9.17) is 16.3 Å². The van der Waals surface area contributed by atoms with Gasteiger partial charge in [-0.2, -0.15) is 4.98 Å². The van der Waals surface area contributed by atoms with Gasteiger partial charge < -0.3 is 26.0 Å². The molecular formula is C49H60ClN9O8S. The van der Waals surface area contributed by atoms with Crippen molar-refractivity contribution in [2.24, 2.45) is 0 Å². The number of para-hydroxylation sites is 1. The summed E-state index contributed by atoms with van der Waals surface area (Å²) in [4.78, 5) is 75.8. The molecule has 2 fully saturated rings. The van der Waals surface area contributed by atoms with Crippen molar-refractivity contribution in [2.75, 3.05) is 48.7 Å². The summed E-state index contributed by atoms with van der Waals surface area (Å²) in [6, 6.07) is 14.8. The Bertz CT molecular complexity index is 2670. The van der Waals surface area contributed by atoms with E-state index in [1.165, 1.54) is 11.8 Å². The highest BCUT2D eigenvalue weighted by Gasteiger charge is 2.45. The van der Waals surface area contributed by atoms with Gasteiger partial charge in [0.05, 0.1) is 51.5 Å². The summed E-state index contributed by atoms with van der Waals surface area (Å²) in [6.07, 6.45) is 6.73. The lowest BCUT2D eigenvalue weighted by Gasteiger charge is -2.33. The largest absolute Gasteiger partial charge is 0.489 e. The Morgan fingerprint density at radius 1 is 0.882 bits per heavy atom. The maximum atomic E-state index is 13.3. The van der Waals surface area contributed by atoms with Crippen molar-refractivity contribution in [3.05, 3.63) is 88.1 Å². The number of unbranched alkanes of at least 4 members (excludes halogenated alkanes) is 3. The number of imide groups is 2. The normalized spacial score (nSPS) is 16.8. The zero-order chi connectivity index (χ0) is 48.7. The minimum atomic E-state index is -3.59. The number of sulfone groups is 1. The molecule has 0 saturated carbocycles. The Balaban J connectivity index is 0.848. The van der Waals surface area contributed by atoms with Crippen LogP contribution in [0.5, 0.6) is 5.75 Å². The van der Waals surface area contributed by atoms with Gasteiger partial charge in [-0.3, -0.25) is 39.1 Å².